The first-order chi connectivity index (χ1) is 22.1. The van der Waals surface area contributed by atoms with Crippen LogP contribution in [0.25, 0.3) is 11.1 Å². The first kappa shape index (κ1) is 32.9. The van der Waals surface area contributed by atoms with E-state index in [4.69, 9.17) is 18.9 Å². The predicted octanol–water partition coefficient (Wildman–Crippen LogP) is 6.51. The zero-order chi connectivity index (χ0) is 32.8. The Morgan fingerprint density at radius 2 is 1.80 bits per heavy atom. The Morgan fingerprint density at radius 3 is 2.50 bits per heavy atom. The molecule has 0 radical (unpaired) electrons. The van der Waals surface area contributed by atoms with Gasteiger partial charge in [-0.15, -0.1) is 0 Å². The number of fused-ring (bicyclic) bond motifs is 1. The summed E-state index contributed by atoms with van der Waals surface area (Å²) in [6.07, 6.45) is 0.712. The maximum Gasteiger partial charge on any atom is 0.323 e. The smallest absolute Gasteiger partial charge is 0.323 e. The molecule has 0 saturated heterocycles. The Labute approximate surface area is 271 Å². The first-order valence-electron chi connectivity index (χ1n) is 15.0. The average molecular weight is 644 g/mol. The largest absolute Gasteiger partial charge is 0.485 e. The van der Waals surface area contributed by atoms with Gasteiger partial charge in [-0.25, -0.2) is 4.21 Å². The van der Waals surface area contributed by atoms with E-state index in [2.05, 4.69) is 5.32 Å². The monoisotopic (exact) mass is 643 g/mol. The number of benzene rings is 4. The Morgan fingerprint density at radius 1 is 1.02 bits per heavy atom. The number of esters is 2. The Bertz CT molecular complexity index is 1740. The summed E-state index contributed by atoms with van der Waals surface area (Å²) in [5, 5.41) is 3.48. The molecule has 10 heteroatoms. The summed E-state index contributed by atoms with van der Waals surface area (Å²) < 4.78 is 44.5. The summed E-state index contributed by atoms with van der Waals surface area (Å²) in [6.45, 7) is 5.62. The topological polar surface area (TPSA) is 120 Å². The van der Waals surface area contributed by atoms with Crippen LogP contribution in [0.5, 0.6) is 17.2 Å². The van der Waals surface area contributed by atoms with Crippen molar-refractivity contribution in [2.45, 2.75) is 56.7 Å². The maximum absolute atomic E-state index is 13.0. The second kappa shape index (κ2) is 14.7. The fourth-order valence-corrected chi connectivity index (χ4v) is 6.10. The number of carbonyl (C=O) groups is 2. The number of methoxy groups -OCH3 is 1. The van der Waals surface area contributed by atoms with E-state index in [9.17, 15) is 18.4 Å². The molecule has 4 unspecified atom stereocenters. The number of hydrogen-bond donors (Lipinski definition) is 2. The minimum atomic E-state index is -2.13. The fourth-order valence-electron chi connectivity index (χ4n) is 5.55. The third-order valence-corrected chi connectivity index (χ3v) is 8.57. The molecule has 4 atom stereocenters. The van der Waals surface area contributed by atoms with Gasteiger partial charge in [-0.05, 0) is 78.4 Å². The van der Waals surface area contributed by atoms with Crippen molar-refractivity contribution in [1.29, 1.82) is 0 Å². The van der Waals surface area contributed by atoms with Gasteiger partial charge in [0, 0.05) is 18.5 Å². The van der Waals surface area contributed by atoms with Crippen molar-refractivity contribution < 1.29 is 37.3 Å². The van der Waals surface area contributed by atoms with E-state index in [0.717, 1.165) is 27.8 Å². The van der Waals surface area contributed by atoms with Crippen LogP contribution in [0, 0.1) is 6.92 Å². The van der Waals surface area contributed by atoms with Crippen LogP contribution in [0.3, 0.4) is 0 Å². The van der Waals surface area contributed by atoms with Crippen molar-refractivity contribution in [2.24, 2.45) is 0 Å². The summed E-state index contributed by atoms with van der Waals surface area (Å²) in [4.78, 5) is 24.5. The molecule has 0 aliphatic carbocycles. The van der Waals surface area contributed by atoms with Gasteiger partial charge in [-0.1, -0.05) is 61.0 Å². The number of rotatable bonds is 11. The lowest BCUT2D eigenvalue weighted by atomic mass is 9.96. The molecule has 0 bridgehead atoms. The van der Waals surface area contributed by atoms with Crippen LogP contribution in [-0.2, 0) is 31.8 Å². The lowest BCUT2D eigenvalue weighted by Gasteiger charge is -2.28. The zero-order valence-corrected chi connectivity index (χ0v) is 27.0. The minimum Gasteiger partial charge on any atom is -0.485 e. The fraction of sp³-hybridized carbons (Fsp3) is 0.278. The number of aryl methyl sites for hydroxylation is 1. The average Bonchev–Trinajstić information content (AvgIpc) is 3.06. The number of hydrogen-bond acceptors (Lipinski definition) is 8. The minimum absolute atomic E-state index is 0.192. The van der Waals surface area contributed by atoms with Crippen molar-refractivity contribution in [3.05, 3.63) is 107 Å². The van der Waals surface area contributed by atoms with E-state index < -0.39 is 23.1 Å². The molecular weight excluding hydrogens is 606 g/mol. The van der Waals surface area contributed by atoms with Gasteiger partial charge in [0.15, 0.2) is 28.7 Å². The van der Waals surface area contributed by atoms with Gasteiger partial charge in [0.25, 0.3) is 0 Å². The van der Waals surface area contributed by atoms with E-state index in [0.29, 0.717) is 47.2 Å². The molecule has 4 aromatic carbocycles. The van der Waals surface area contributed by atoms with Crippen LogP contribution in [0.2, 0.25) is 0 Å². The highest BCUT2D eigenvalue weighted by Gasteiger charge is 2.27. The van der Waals surface area contributed by atoms with Gasteiger partial charge >= 0.3 is 11.9 Å². The molecule has 0 fully saturated rings. The number of nitrogens with one attached hydrogen (secondary N) is 1. The molecule has 0 amide bonds. The molecule has 2 N–H and O–H groups in total. The van der Waals surface area contributed by atoms with Gasteiger partial charge in [0.05, 0.1) is 12.0 Å². The van der Waals surface area contributed by atoms with Crippen molar-refractivity contribution in [3.63, 3.8) is 0 Å². The van der Waals surface area contributed by atoms with E-state index in [1.54, 1.807) is 18.2 Å². The molecule has 5 rings (SSSR count). The second-order valence-electron chi connectivity index (χ2n) is 11.1. The van der Waals surface area contributed by atoms with Gasteiger partial charge in [-0.2, -0.15) is 0 Å². The first-order valence-corrected chi connectivity index (χ1v) is 16.1. The third kappa shape index (κ3) is 7.82. The summed E-state index contributed by atoms with van der Waals surface area (Å²) in [5.74, 6) is 0.870. The van der Waals surface area contributed by atoms with Crippen LogP contribution < -0.4 is 19.5 Å². The third-order valence-electron chi connectivity index (χ3n) is 7.84. The molecule has 0 saturated carbocycles. The lowest BCUT2D eigenvalue weighted by Crippen LogP contribution is -2.41. The Kier molecular flexibility index (Phi) is 10.5. The summed E-state index contributed by atoms with van der Waals surface area (Å²) in [7, 11) is 1.37. The quantitative estimate of drug-likeness (QED) is 0.107. The Balaban J connectivity index is 1.31. The summed E-state index contributed by atoms with van der Waals surface area (Å²) in [6, 6.07) is 25.1. The van der Waals surface area contributed by atoms with E-state index >= 15 is 0 Å². The van der Waals surface area contributed by atoms with E-state index in [1.165, 1.54) is 14.0 Å². The SMILES string of the molecule is CCC(NC(Cc1ccc2c(c1)OCC(c1ccc(OC(C)=O)cc1)O2)C(=O)OC)c1cccc(-c2cc(C)ccc2S(=O)O)c1. The molecular formula is C36H37NO8S. The predicted molar refractivity (Wildman–Crippen MR) is 174 cm³/mol. The normalized spacial score (nSPS) is 15.8. The molecule has 4 aromatic rings. The lowest BCUT2D eigenvalue weighted by molar-refractivity contribution is -0.143. The highest BCUT2D eigenvalue weighted by Crippen LogP contribution is 2.38. The number of ether oxygens (including phenoxy) is 4. The molecule has 46 heavy (non-hydrogen) atoms. The van der Waals surface area contributed by atoms with Crippen LogP contribution in [0.1, 0.15) is 54.7 Å². The Hall–Kier alpha value is -4.51. The van der Waals surface area contributed by atoms with Gasteiger partial charge in [0.2, 0.25) is 0 Å². The molecule has 1 aliphatic rings. The van der Waals surface area contributed by atoms with Crippen LogP contribution >= 0.6 is 0 Å². The van der Waals surface area contributed by atoms with Crippen molar-refractivity contribution >= 4 is 23.0 Å². The van der Waals surface area contributed by atoms with Gasteiger partial charge < -0.3 is 23.5 Å². The summed E-state index contributed by atoms with van der Waals surface area (Å²) >= 11 is -2.13. The zero-order valence-electron chi connectivity index (χ0n) is 26.1. The van der Waals surface area contributed by atoms with E-state index in [-0.39, 0.29) is 18.1 Å². The molecule has 0 spiro atoms. The van der Waals surface area contributed by atoms with E-state index in [1.807, 2.05) is 80.6 Å². The van der Waals surface area contributed by atoms with Crippen molar-refractivity contribution in [2.75, 3.05) is 13.7 Å². The molecule has 240 valence electrons. The summed E-state index contributed by atoms with van der Waals surface area (Å²) in [5.41, 5.74) is 5.19. The van der Waals surface area contributed by atoms with Crippen LogP contribution in [0.4, 0.5) is 0 Å². The second-order valence-corrected chi connectivity index (χ2v) is 12.1. The molecule has 1 aliphatic heterocycles. The molecule has 1 heterocycles. The van der Waals surface area contributed by atoms with Crippen LogP contribution in [-0.4, -0.2) is 40.5 Å². The van der Waals surface area contributed by atoms with Gasteiger partial charge in [-0.3, -0.25) is 14.9 Å². The van der Waals surface area contributed by atoms with Gasteiger partial charge in [0.1, 0.15) is 18.4 Å². The maximum atomic E-state index is 13.0. The van der Waals surface area contributed by atoms with Crippen molar-refractivity contribution in [1.82, 2.24) is 5.32 Å². The van der Waals surface area contributed by atoms with Crippen LogP contribution in [0.15, 0.2) is 89.8 Å². The van der Waals surface area contributed by atoms with Crippen molar-refractivity contribution in [3.8, 4) is 28.4 Å². The molecule has 9 nitrogen and oxygen atoms in total. The molecule has 0 aromatic heterocycles. The standard InChI is InChI=1S/C36H37NO8S/c1-5-30(27-8-6-7-26(20-27)29-17-22(2)9-16-35(29)46(40)41)37-31(36(39)42-4)18-24-10-15-32-33(19-24)43-21-34(45-32)25-11-13-28(14-12-25)44-23(3)38/h6-17,19-20,30-31,34,37H,5,18,21H2,1-4H3,(H,40,41). The highest BCUT2D eigenvalue weighted by molar-refractivity contribution is 7.79. The number of carbonyl (C=O) groups excluding carboxylic acids is 2. The highest BCUT2D eigenvalue weighted by atomic mass is 32.2.